The quantitative estimate of drug-likeness (QED) is 0.737. The predicted octanol–water partition coefficient (Wildman–Crippen LogP) is 4.05. The molecule has 0 radical (unpaired) electrons. The maximum absolute atomic E-state index is 5.86. The van der Waals surface area contributed by atoms with Gasteiger partial charge < -0.3 is 5.73 Å². The predicted molar refractivity (Wildman–Crippen MR) is 88.8 cm³/mol. The molecule has 106 valence electrons. The van der Waals surface area contributed by atoms with Crippen molar-refractivity contribution in [1.29, 1.82) is 0 Å². The molecule has 0 atom stereocenters. The molecule has 3 nitrogen and oxygen atoms in total. The van der Waals surface area contributed by atoms with E-state index in [1.807, 2.05) is 0 Å². The van der Waals surface area contributed by atoms with Crippen molar-refractivity contribution in [3.8, 4) is 11.3 Å². The average molecular weight is 295 g/mol. The number of nitrogen functional groups attached to an aromatic ring is 1. The molecule has 0 amide bonds. The fourth-order valence-electron chi connectivity index (χ4n) is 3.46. The van der Waals surface area contributed by atoms with E-state index in [0.29, 0.717) is 5.13 Å². The van der Waals surface area contributed by atoms with Crippen LogP contribution < -0.4 is 5.73 Å². The zero-order valence-corrected chi connectivity index (χ0v) is 13.0. The Balaban J connectivity index is 2.16. The Bertz CT molecular complexity index is 864. The van der Waals surface area contributed by atoms with E-state index < -0.39 is 0 Å². The normalized spacial score (nSPS) is 13.8. The summed E-state index contributed by atoms with van der Waals surface area (Å²) < 4.78 is 0. The van der Waals surface area contributed by atoms with E-state index in [9.17, 15) is 0 Å². The van der Waals surface area contributed by atoms with Crippen LogP contribution in [0.5, 0.6) is 0 Å². The Kier molecular flexibility index (Phi) is 2.76. The van der Waals surface area contributed by atoms with Crippen molar-refractivity contribution in [1.82, 2.24) is 9.97 Å². The molecule has 0 saturated heterocycles. The van der Waals surface area contributed by atoms with Crippen molar-refractivity contribution in [3.63, 3.8) is 0 Å². The molecule has 1 aromatic carbocycles. The minimum Gasteiger partial charge on any atom is -0.375 e. The summed E-state index contributed by atoms with van der Waals surface area (Å²) in [5.41, 5.74) is 14.4. The van der Waals surface area contributed by atoms with Gasteiger partial charge in [0.15, 0.2) is 5.13 Å². The molecule has 21 heavy (non-hydrogen) atoms. The maximum atomic E-state index is 5.86. The molecular weight excluding hydrogens is 278 g/mol. The number of hydrogen-bond acceptors (Lipinski definition) is 4. The molecule has 0 fully saturated rings. The van der Waals surface area contributed by atoms with Gasteiger partial charge in [0.1, 0.15) is 0 Å². The van der Waals surface area contributed by atoms with Gasteiger partial charge in [0.05, 0.1) is 11.2 Å². The molecule has 0 saturated carbocycles. The van der Waals surface area contributed by atoms with E-state index >= 15 is 0 Å². The van der Waals surface area contributed by atoms with Crippen LogP contribution in [0.1, 0.15) is 28.8 Å². The number of aryl methyl sites for hydroxylation is 3. The number of anilines is 1. The van der Waals surface area contributed by atoms with Gasteiger partial charge >= 0.3 is 0 Å². The Morgan fingerprint density at radius 2 is 2.00 bits per heavy atom. The van der Waals surface area contributed by atoms with Gasteiger partial charge in [0.25, 0.3) is 0 Å². The van der Waals surface area contributed by atoms with Crippen LogP contribution in [0, 0.1) is 13.8 Å². The highest BCUT2D eigenvalue weighted by atomic mass is 32.1. The summed E-state index contributed by atoms with van der Waals surface area (Å²) in [4.78, 5) is 9.46. The maximum Gasteiger partial charge on any atom is 0.180 e. The third kappa shape index (κ3) is 1.94. The Morgan fingerprint density at radius 3 is 2.76 bits per heavy atom. The molecule has 4 rings (SSSR count). The Morgan fingerprint density at radius 1 is 1.14 bits per heavy atom. The van der Waals surface area contributed by atoms with Crippen LogP contribution in [0.15, 0.2) is 17.5 Å². The molecule has 0 spiro atoms. The number of pyridine rings is 1. The molecule has 1 aliphatic carbocycles. The van der Waals surface area contributed by atoms with Crippen molar-refractivity contribution in [2.75, 3.05) is 5.73 Å². The van der Waals surface area contributed by atoms with Gasteiger partial charge in [-0.1, -0.05) is 6.07 Å². The molecule has 4 heteroatoms. The number of nitrogens with two attached hydrogens (primary N) is 1. The molecule has 0 aliphatic heterocycles. The van der Waals surface area contributed by atoms with E-state index in [2.05, 4.69) is 36.3 Å². The first kappa shape index (κ1) is 12.8. The first-order valence-electron chi connectivity index (χ1n) is 7.27. The molecule has 0 bridgehead atoms. The second-order valence-corrected chi connectivity index (χ2v) is 6.70. The summed E-state index contributed by atoms with van der Waals surface area (Å²) in [6, 6.07) is 4.41. The van der Waals surface area contributed by atoms with Crippen LogP contribution in [0.2, 0.25) is 0 Å². The number of benzene rings is 1. The van der Waals surface area contributed by atoms with Crippen LogP contribution >= 0.6 is 11.3 Å². The van der Waals surface area contributed by atoms with E-state index in [1.165, 1.54) is 51.1 Å². The van der Waals surface area contributed by atoms with Crippen molar-refractivity contribution in [2.45, 2.75) is 33.1 Å². The van der Waals surface area contributed by atoms with Crippen LogP contribution in [-0.2, 0) is 12.8 Å². The molecule has 2 heterocycles. The standard InChI is InChI=1S/C17H17N3S/c1-9-6-10(2)15-13(7-9)19-12-5-3-4-11(12)16(15)14-8-21-17(18)20-14/h6-8H,3-5H2,1-2H3,(H2,18,20). The second kappa shape index (κ2) is 4.53. The van der Waals surface area contributed by atoms with Crippen molar-refractivity contribution in [2.24, 2.45) is 0 Å². The molecule has 1 aliphatic rings. The molecular formula is C17H17N3S. The lowest BCUT2D eigenvalue weighted by molar-refractivity contribution is 0.901. The third-order valence-corrected chi connectivity index (χ3v) is 4.91. The molecule has 0 unspecified atom stereocenters. The van der Waals surface area contributed by atoms with Gasteiger partial charge in [-0.25, -0.2) is 4.98 Å². The summed E-state index contributed by atoms with van der Waals surface area (Å²) in [6.07, 6.45) is 3.35. The van der Waals surface area contributed by atoms with E-state index in [-0.39, 0.29) is 0 Å². The highest BCUT2D eigenvalue weighted by molar-refractivity contribution is 7.13. The number of thiazole rings is 1. The van der Waals surface area contributed by atoms with E-state index in [0.717, 1.165) is 24.1 Å². The lowest BCUT2D eigenvalue weighted by atomic mass is 9.95. The molecule has 2 N–H and O–H groups in total. The summed E-state index contributed by atoms with van der Waals surface area (Å²) >= 11 is 1.51. The molecule has 3 aromatic rings. The fourth-order valence-corrected chi connectivity index (χ4v) is 4.01. The average Bonchev–Trinajstić information content (AvgIpc) is 3.04. The van der Waals surface area contributed by atoms with Gasteiger partial charge in [0, 0.05) is 22.0 Å². The van der Waals surface area contributed by atoms with Gasteiger partial charge in [-0.05, 0) is 55.9 Å². The smallest absolute Gasteiger partial charge is 0.180 e. The van der Waals surface area contributed by atoms with Gasteiger partial charge in [-0.2, -0.15) is 0 Å². The minimum absolute atomic E-state index is 0.631. The van der Waals surface area contributed by atoms with Crippen LogP contribution in [-0.4, -0.2) is 9.97 Å². The number of aromatic nitrogens is 2. The van der Waals surface area contributed by atoms with Crippen LogP contribution in [0.3, 0.4) is 0 Å². The van der Waals surface area contributed by atoms with Crippen LogP contribution in [0.25, 0.3) is 22.2 Å². The van der Waals surface area contributed by atoms with Gasteiger partial charge in [0.2, 0.25) is 0 Å². The fraction of sp³-hybridized carbons (Fsp3) is 0.294. The summed E-state index contributed by atoms with van der Waals surface area (Å²) in [5.74, 6) is 0. The number of rotatable bonds is 1. The summed E-state index contributed by atoms with van der Waals surface area (Å²) in [7, 11) is 0. The minimum atomic E-state index is 0.631. The second-order valence-electron chi connectivity index (χ2n) is 5.81. The van der Waals surface area contributed by atoms with Crippen LogP contribution in [0.4, 0.5) is 5.13 Å². The van der Waals surface area contributed by atoms with Gasteiger partial charge in [-0.3, -0.25) is 4.98 Å². The van der Waals surface area contributed by atoms with E-state index in [1.54, 1.807) is 0 Å². The first-order valence-corrected chi connectivity index (χ1v) is 8.15. The van der Waals surface area contributed by atoms with Crippen molar-refractivity contribution in [3.05, 3.63) is 39.9 Å². The third-order valence-electron chi connectivity index (χ3n) is 4.23. The highest BCUT2D eigenvalue weighted by Gasteiger charge is 2.22. The Labute approximate surface area is 127 Å². The summed E-state index contributed by atoms with van der Waals surface area (Å²) in [6.45, 7) is 4.29. The monoisotopic (exact) mass is 295 g/mol. The van der Waals surface area contributed by atoms with E-state index in [4.69, 9.17) is 10.7 Å². The van der Waals surface area contributed by atoms with Gasteiger partial charge in [-0.15, -0.1) is 11.3 Å². The first-order chi connectivity index (χ1) is 10.1. The number of hydrogen-bond donors (Lipinski definition) is 1. The lowest BCUT2D eigenvalue weighted by Gasteiger charge is -2.13. The zero-order chi connectivity index (χ0) is 14.6. The SMILES string of the molecule is Cc1cc(C)c2c(-c3csc(N)n3)c3c(nc2c1)CCC3. The summed E-state index contributed by atoms with van der Waals surface area (Å²) in [5, 5.41) is 3.94. The van der Waals surface area contributed by atoms with Crippen molar-refractivity contribution < 1.29 is 0 Å². The highest BCUT2D eigenvalue weighted by Crippen LogP contribution is 2.39. The number of fused-ring (bicyclic) bond motifs is 2. The zero-order valence-electron chi connectivity index (χ0n) is 12.2. The Hall–Kier alpha value is -1.94. The topological polar surface area (TPSA) is 51.8 Å². The number of nitrogens with zero attached hydrogens (tertiary/aromatic N) is 2. The lowest BCUT2D eigenvalue weighted by Crippen LogP contribution is -1.98. The van der Waals surface area contributed by atoms with Crippen molar-refractivity contribution >= 4 is 27.4 Å². The molecule has 2 aromatic heterocycles. The largest absolute Gasteiger partial charge is 0.375 e.